The molecular formula is C12H8N2O2S. The second kappa shape index (κ2) is 3.71. The molecule has 0 saturated carbocycles. The van der Waals surface area contributed by atoms with Crippen LogP contribution in [-0.2, 0) is 0 Å². The third-order valence-corrected chi connectivity index (χ3v) is 3.35. The highest BCUT2D eigenvalue weighted by molar-refractivity contribution is 7.12. The van der Waals surface area contributed by atoms with Crippen LogP contribution in [0.3, 0.4) is 0 Å². The zero-order valence-corrected chi connectivity index (χ0v) is 9.51. The minimum absolute atomic E-state index is 0.203. The maximum atomic E-state index is 11.8. The van der Waals surface area contributed by atoms with Crippen molar-refractivity contribution in [2.24, 2.45) is 0 Å². The summed E-state index contributed by atoms with van der Waals surface area (Å²) in [5.41, 5.74) is 1.07. The quantitative estimate of drug-likeness (QED) is 0.687. The smallest absolute Gasteiger partial charge is 0.271 e. The molecule has 0 bridgehead atoms. The van der Waals surface area contributed by atoms with Crippen molar-refractivity contribution in [2.75, 3.05) is 0 Å². The van der Waals surface area contributed by atoms with Gasteiger partial charge < -0.3 is 4.98 Å². The molecular weight excluding hydrogens is 236 g/mol. The highest BCUT2D eigenvalue weighted by Gasteiger charge is 2.08. The Morgan fingerprint density at radius 1 is 1.06 bits per heavy atom. The monoisotopic (exact) mass is 244 g/mol. The fourth-order valence-electron chi connectivity index (χ4n) is 1.75. The maximum Gasteiger partial charge on any atom is 0.271 e. The lowest BCUT2D eigenvalue weighted by Crippen LogP contribution is -2.10. The molecule has 17 heavy (non-hydrogen) atoms. The number of hydrogen-bond acceptors (Lipinski definition) is 3. The number of benzene rings is 1. The first kappa shape index (κ1) is 10.0. The number of aromatic amines is 2. The summed E-state index contributed by atoms with van der Waals surface area (Å²) in [5, 5.41) is 0.203. The van der Waals surface area contributed by atoms with Crippen LogP contribution in [0.2, 0.25) is 0 Å². The van der Waals surface area contributed by atoms with Gasteiger partial charge in [-0.05, 0) is 17.1 Å². The normalized spacial score (nSPS) is 10.8. The topological polar surface area (TPSA) is 65.7 Å². The summed E-state index contributed by atoms with van der Waals surface area (Å²) in [7, 11) is 0. The number of H-pyrrole nitrogens is 2. The van der Waals surface area contributed by atoms with Gasteiger partial charge in [0.05, 0.1) is 5.69 Å². The highest BCUT2D eigenvalue weighted by atomic mass is 32.1. The maximum absolute atomic E-state index is 11.8. The molecule has 3 rings (SSSR count). The average molecular weight is 244 g/mol. The standard InChI is InChI=1S/C12H8N2O2S/c15-9-6-8(7-4-2-1-3-5-7)13-12-10(9)11(16)14-17-12/h1-6H,(H,13,15)(H,14,16). The van der Waals surface area contributed by atoms with E-state index in [1.165, 1.54) is 6.07 Å². The Morgan fingerprint density at radius 2 is 1.82 bits per heavy atom. The predicted molar refractivity (Wildman–Crippen MR) is 68.5 cm³/mol. The van der Waals surface area contributed by atoms with Gasteiger partial charge in [0.25, 0.3) is 5.56 Å². The number of rotatable bonds is 1. The molecule has 5 heteroatoms. The largest absolute Gasteiger partial charge is 0.345 e. The Hall–Kier alpha value is -2.14. The van der Waals surface area contributed by atoms with Crippen molar-refractivity contribution in [3.8, 4) is 11.3 Å². The molecule has 0 aliphatic carbocycles. The van der Waals surface area contributed by atoms with Crippen molar-refractivity contribution in [2.45, 2.75) is 0 Å². The van der Waals surface area contributed by atoms with Crippen LogP contribution in [0.1, 0.15) is 0 Å². The Kier molecular flexibility index (Phi) is 2.19. The van der Waals surface area contributed by atoms with E-state index in [0.29, 0.717) is 4.83 Å². The number of pyridine rings is 1. The van der Waals surface area contributed by atoms with Crippen LogP contribution in [0.5, 0.6) is 0 Å². The molecule has 0 amide bonds. The van der Waals surface area contributed by atoms with E-state index in [4.69, 9.17) is 0 Å². The molecule has 84 valence electrons. The molecule has 0 unspecified atom stereocenters. The molecule has 0 fully saturated rings. The van der Waals surface area contributed by atoms with E-state index in [1.54, 1.807) is 0 Å². The van der Waals surface area contributed by atoms with Crippen LogP contribution >= 0.6 is 11.5 Å². The van der Waals surface area contributed by atoms with Gasteiger partial charge in [0.15, 0.2) is 5.43 Å². The van der Waals surface area contributed by atoms with E-state index in [2.05, 4.69) is 9.36 Å². The summed E-state index contributed by atoms with van der Waals surface area (Å²) in [4.78, 5) is 26.9. The lowest BCUT2D eigenvalue weighted by Gasteiger charge is -2.00. The van der Waals surface area contributed by atoms with Crippen molar-refractivity contribution >= 4 is 21.7 Å². The summed E-state index contributed by atoms with van der Waals surface area (Å²) in [6, 6.07) is 11.0. The van der Waals surface area contributed by atoms with Crippen LogP contribution in [-0.4, -0.2) is 9.36 Å². The third kappa shape index (κ3) is 1.60. The van der Waals surface area contributed by atoms with Gasteiger partial charge in [-0.1, -0.05) is 30.3 Å². The summed E-state index contributed by atoms with van der Waals surface area (Å²) in [6.45, 7) is 0. The van der Waals surface area contributed by atoms with E-state index in [0.717, 1.165) is 22.8 Å². The van der Waals surface area contributed by atoms with E-state index in [1.807, 2.05) is 30.3 Å². The van der Waals surface area contributed by atoms with Crippen molar-refractivity contribution in [1.29, 1.82) is 0 Å². The lowest BCUT2D eigenvalue weighted by molar-refractivity contribution is 1.39. The Bertz CT molecular complexity index is 783. The first-order chi connectivity index (χ1) is 8.25. The zero-order chi connectivity index (χ0) is 11.8. The van der Waals surface area contributed by atoms with Gasteiger partial charge in [-0.2, -0.15) is 0 Å². The van der Waals surface area contributed by atoms with Crippen LogP contribution < -0.4 is 11.0 Å². The molecule has 2 N–H and O–H groups in total. The fraction of sp³-hybridized carbons (Fsp3) is 0. The van der Waals surface area contributed by atoms with Gasteiger partial charge in [0.1, 0.15) is 10.2 Å². The predicted octanol–water partition coefficient (Wildman–Crippen LogP) is 1.94. The first-order valence-electron chi connectivity index (χ1n) is 5.05. The summed E-state index contributed by atoms with van der Waals surface area (Å²) < 4.78 is 2.55. The molecule has 4 nitrogen and oxygen atoms in total. The molecule has 0 spiro atoms. The molecule has 1 aromatic carbocycles. The van der Waals surface area contributed by atoms with Gasteiger partial charge >= 0.3 is 0 Å². The lowest BCUT2D eigenvalue weighted by atomic mass is 10.1. The van der Waals surface area contributed by atoms with E-state index < -0.39 is 0 Å². The summed E-state index contributed by atoms with van der Waals surface area (Å²) in [5.74, 6) is 0. The molecule has 0 aliphatic rings. The molecule has 0 radical (unpaired) electrons. The molecule has 2 heterocycles. The molecule has 0 aliphatic heterocycles. The van der Waals surface area contributed by atoms with Crippen molar-refractivity contribution in [1.82, 2.24) is 9.36 Å². The Morgan fingerprint density at radius 3 is 2.59 bits per heavy atom. The molecule has 0 atom stereocenters. The third-order valence-electron chi connectivity index (χ3n) is 2.55. The molecule has 2 aromatic heterocycles. The minimum Gasteiger partial charge on any atom is -0.345 e. The fourth-order valence-corrected chi connectivity index (χ4v) is 2.50. The molecule has 0 saturated heterocycles. The van der Waals surface area contributed by atoms with Crippen molar-refractivity contribution in [3.05, 3.63) is 57.0 Å². The first-order valence-corrected chi connectivity index (χ1v) is 5.87. The average Bonchev–Trinajstić information content (AvgIpc) is 2.73. The number of fused-ring (bicyclic) bond motifs is 1. The van der Waals surface area contributed by atoms with E-state index in [9.17, 15) is 9.59 Å². The molecule has 3 aromatic rings. The SMILES string of the molecule is O=c1cc(-c2ccccc2)[nH]c2s[nH]c(=O)c12. The summed E-state index contributed by atoms with van der Waals surface area (Å²) >= 11 is 1.14. The number of nitrogens with one attached hydrogen (secondary N) is 2. The van der Waals surface area contributed by atoms with Crippen LogP contribution in [0.25, 0.3) is 21.5 Å². The van der Waals surface area contributed by atoms with Gasteiger partial charge in [-0.25, -0.2) is 0 Å². The second-order valence-electron chi connectivity index (χ2n) is 3.65. The van der Waals surface area contributed by atoms with Crippen LogP contribution in [0, 0.1) is 0 Å². The van der Waals surface area contributed by atoms with Gasteiger partial charge in [0, 0.05) is 6.07 Å². The number of aromatic nitrogens is 2. The van der Waals surface area contributed by atoms with E-state index >= 15 is 0 Å². The van der Waals surface area contributed by atoms with Gasteiger partial charge in [0.2, 0.25) is 0 Å². The van der Waals surface area contributed by atoms with Crippen LogP contribution in [0.15, 0.2) is 46.0 Å². The minimum atomic E-state index is -0.328. The number of hydrogen-bond donors (Lipinski definition) is 2. The van der Waals surface area contributed by atoms with E-state index in [-0.39, 0.29) is 16.4 Å². The zero-order valence-electron chi connectivity index (χ0n) is 8.69. The Labute approximate surface area is 99.7 Å². The highest BCUT2D eigenvalue weighted by Crippen LogP contribution is 2.17. The van der Waals surface area contributed by atoms with Gasteiger partial charge in [-0.3, -0.25) is 14.0 Å². The van der Waals surface area contributed by atoms with Crippen molar-refractivity contribution in [3.63, 3.8) is 0 Å². The summed E-state index contributed by atoms with van der Waals surface area (Å²) in [6.07, 6.45) is 0. The Balaban J connectivity index is 2.34. The van der Waals surface area contributed by atoms with Gasteiger partial charge in [-0.15, -0.1) is 0 Å². The van der Waals surface area contributed by atoms with Crippen LogP contribution in [0.4, 0.5) is 0 Å². The second-order valence-corrected chi connectivity index (χ2v) is 4.47. The van der Waals surface area contributed by atoms with Crippen molar-refractivity contribution < 1.29 is 0 Å².